The second-order valence-electron chi connectivity index (χ2n) is 5.14. The van der Waals surface area contributed by atoms with Crippen LogP contribution in [0.2, 0.25) is 0 Å². The summed E-state index contributed by atoms with van der Waals surface area (Å²) < 4.78 is 17.7. The monoisotopic (exact) mass is 228 g/mol. The zero-order valence-electron chi connectivity index (χ0n) is 9.56. The van der Waals surface area contributed by atoms with Gasteiger partial charge >= 0.3 is 0 Å². The molecule has 1 saturated carbocycles. The maximum absolute atomic E-state index is 8.73. The molecule has 92 valence electrons. The molecular formula is C12H20O4. The third-order valence-corrected chi connectivity index (χ3v) is 3.76. The van der Waals surface area contributed by atoms with Crippen LogP contribution in [-0.4, -0.2) is 36.0 Å². The minimum Gasteiger partial charge on any atom is -0.396 e. The fourth-order valence-electron chi connectivity index (χ4n) is 3.11. The Morgan fingerprint density at radius 2 is 1.44 bits per heavy atom. The van der Waals surface area contributed by atoms with Crippen LogP contribution in [0.5, 0.6) is 0 Å². The highest BCUT2D eigenvalue weighted by Gasteiger charge is 2.54. The molecule has 0 amide bonds. The third-order valence-electron chi connectivity index (χ3n) is 3.76. The molecule has 4 heteroatoms. The van der Waals surface area contributed by atoms with E-state index < -0.39 is 5.97 Å². The lowest BCUT2D eigenvalue weighted by atomic mass is 9.88. The molecule has 3 saturated heterocycles. The summed E-state index contributed by atoms with van der Waals surface area (Å²) in [6.45, 7) is 0.267. The van der Waals surface area contributed by atoms with Crippen molar-refractivity contribution in [1.29, 1.82) is 0 Å². The molecule has 0 aromatic heterocycles. The number of hydrogen-bond acceptors (Lipinski definition) is 4. The van der Waals surface area contributed by atoms with Crippen molar-refractivity contribution >= 4 is 0 Å². The summed E-state index contributed by atoms with van der Waals surface area (Å²) in [4.78, 5) is 0. The molecule has 3 aliphatic heterocycles. The van der Waals surface area contributed by atoms with E-state index in [0.29, 0.717) is 18.3 Å². The van der Waals surface area contributed by atoms with E-state index >= 15 is 0 Å². The smallest absolute Gasteiger partial charge is 0.283 e. The summed E-state index contributed by atoms with van der Waals surface area (Å²) in [7, 11) is 0. The molecular weight excluding hydrogens is 208 g/mol. The first kappa shape index (κ1) is 11.0. The van der Waals surface area contributed by atoms with Crippen molar-refractivity contribution in [2.24, 2.45) is 0 Å². The molecule has 4 rings (SSSR count). The van der Waals surface area contributed by atoms with Crippen molar-refractivity contribution in [1.82, 2.24) is 0 Å². The minimum absolute atomic E-state index is 0.267. The summed E-state index contributed by atoms with van der Waals surface area (Å²) in [6.07, 6.45) is 7.83. The summed E-state index contributed by atoms with van der Waals surface area (Å²) in [6, 6.07) is 0. The van der Waals surface area contributed by atoms with Crippen LogP contribution in [0.4, 0.5) is 0 Å². The third kappa shape index (κ3) is 1.99. The van der Waals surface area contributed by atoms with Crippen molar-refractivity contribution in [2.75, 3.05) is 6.61 Å². The number of hydrogen-bond donors (Lipinski definition) is 1. The van der Waals surface area contributed by atoms with Crippen molar-refractivity contribution in [2.45, 2.75) is 69.2 Å². The van der Waals surface area contributed by atoms with Gasteiger partial charge in [0, 0.05) is 32.3 Å². The highest BCUT2D eigenvalue weighted by Crippen LogP contribution is 2.46. The topological polar surface area (TPSA) is 47.9 Å². The van der Waals surface area contributed by atoms with Gasteiger partial charge in [-0.1, -0.05) is 6.42 Å². The second kappa shape index (κ2) is 4.26. The van der Waals surface area contributed by atoms with Gasteiger partial charge in [-0.15, -0.1) is 0 Å². The Morgan fingerprint density at radius 1 is 0.875 bits per heavy atom. The number of unbranched alkanes of at least 4 members (excludes halogenated alkanes) is 2. The summed E-state index contributed by atoms with van der Waals surface area (Å²) >= 11 is 0. The van der Waals surface area contributed by atoms with E-state index in [0.717, 1.165) is 44.9 Å². The molecule has 0 aromatic carbocycles. The number of ether oxygens (including phenoxy) is 3. The van der Waals surface area contributed by atoms with Crippen molar-refractivity contribution in [3.05, 3.63) is 0 Å². The highest BCUT2D eigenvalue weighted by molar-refractivity contribution is 4.91. The van der Waals surface area contributed by atoms with Gasteiger partial charge < -0.3 is 19.3 Å². The SMILES string of the molecule is OCCCCCC12OC3CC(CC(C3)O1)O2. The van der Waals surface area contributed by atoms with Gasteiger partial charge in [0.15, 0.2) is 0 Å². The number of rotatable bonds is 5. The van der Waals surface area contributed by atoms with Gasteiger partial charge in [0.25, 0.3) is 5.97 Å². The summed E-state index contributed by atoms with van der Waals surface area (Å²) in [5.74, 6) is -0.732. The van der Waals surface area contributed by atoms with Crippen molar-refractivity contribution < 1.29 is 19.3 Å². The molecule has 1 aliphatic carbocycles. The van der Waals surface area contributed by atoms with E-state index in [1.54, 1.807) is 0 Å². The largest absolute Gasteiger partial charge is 0.396 e. The Labute approximate surface area is 95.9 Å². The van der Waals surface area contributed by atoms with Gasteiger partial charge in [-0.25, -0.2) is 0 Å². The normalized spacial score (nSPS) is 45.2. The first-order valence-corrected chi connectivity index (χ1v) is 6.44. The maximum Gasteiger partial charge on any atom is 0.283 e. The van der Waals surface area contributed by atoms with Gasteiger partial charge in [0.1, 0.15) is 0 Å². The highest BCUT2D eigenvalue weighted by atomic mass is 16.9. The van der Waals surface area contributed by atoms with Crippen LogP contribution >= 0.6 is 0 Å². The van der Waals surface area contributed by atoms with Gasteiger partial charge in [-0.05, 0) is 12.8 Å². The molecule has 1 N–H and O–H groups in total. The molecule has 0 atom stereocenters. The Balaban J connectivity index is 1.56. The van der Waals surface area contributed by atoms with Crippen LogP contribution < -0.4 is 0 Å². The average Bonchev–Trinajstić information content (AvgIpc) is 2.22. The summed E-state index contributed by atoms with van der Waals surface area (Å²) in [5.41, 5.74) is 0. The lowest BCUT2D eigenvalue weighted by Gasteiger charge is -2.55. The van der Waals surface area contributed by atoms with E-state index in [2.05, 4.69) is 0 Å². The van der Waals surface area contributed by atoms with Crippen LogP contribution in [0.1, 0.15) is 44.9 Å². The molecule has 16 heavy (non-hydrogen) atoms. The van der Waals surface area contributed by atoms with Gasteiger partial charge in [0.05, 0.1) is 18.3 Å². The molecule has 0 radical (unpaired) electrons. The molecule has 0 unspecified atom stereocenters. The molecule has 0 aromatic rings. The number of aliphatic hydroxyl groups is 1. The zero-order chi connectivity index (χ0) is 11.0. The maximum atomic E-state index is 8.73. The predicted octanol–water partition coefficient (Wildman–Crippen LogP) is 1.56. The Morgan fingerprint density at radius 3 is 1.94 bits per heavy atom. The average molecular weight is 228 g/mol. The van der Waals surface area contributed by atoms with E-state index in [1.165, 1.54) is 0 Å². The van der Waals surface area contributed by atoms with Crippen LogP contribution in [0, 0.1) is 0 Å². The molecule has 4 nitrogen and oxygen atoms in total. The first-order valence-electron chi connectivity index (χ1n) is 6.44. The Kier molecular flexibility index (Phi) is 2.92. The van der Waals surface area contributed by atoms with E-state index in [1.807, 2.05) is 0 Å². The Bertz CT molecular complexity index is 218. The fraction of sp³-hybridized carbons (Fsp3) is 1.00. The van der Waals surface area contributed by atoms with Crippen LogP contribution in [0.25, 0.3) is 0 Å². The Hall–Kier alpha value is -0.160. The van der Waals surface area contributed by atoms with E-state index in [9.17, 15) is 0 Å². The van der Waals surface area contributed by atoms with Crippen molar-refractivity contribution in [3.63, 3.8) is 0 Å². The molecule has 0 spiro atoms. The van der Waals surface area contributed by atoms with E-state index in [4.69, 9.17) is 19.3 Å². The minimum atomic E-state index is -0.732. The molecule has 3 heterocycles. The van der Waals surface area contributed by atoms with E-state index in [-0.39, 0.29) is 6.61 Å². The molecule has 4 fully saturated rings. The zero-order valence-corrected chi connectivity index (χ0v) is 9.56. The number of aliphatic hydroxyl groups excluding tert-OH is 1. The first-order chi connectivity index (χ1) is 7.80. The second-order valence-corrected chi connectivity index (χ2v) is 5.14. The molecule has 4 aliphatic rings. The van der Waals surface area contributed by atoms with Crippen LogP contribution in [0.15, 0.2) is 0 Å². The van der Waals surface area contributed by atoms with Crippen LogP contribution in [-0.2, 0) is 14.2 Å². The van der Waals surface area contributed by atoms with Crippen LogP contribution in [0.3, 0.4) is 0 Å². The van der Waals surface area contributed by atoms with Gasteiger partial charge in [0.2, 0.25) is 0 Å². The lowest BCUT2D eigenvalue weighted by molar-refractivity contribution is -0.495. The standard InChI is InChI=1S/C12H20O4/c13-5-3-1-2-4-12-14-9-6-10(15-12)8-11(7-9)16-12/h9-11,13H,1-8H2. The summed E-state index contributed by atoms with van der Waals surface area (Å²) in [5, 5.41) is 8.73. The van der Waals surface area contributed by atoms with Crippen molar-refractivity contribution in [3.8, 4) is 0 Å². The fourth-order valence-corrected chi connectivity index (χ4v) is 3.11. The predicted molar refractivity (Wildman–Crippen MR) is 56.8 cm³/mol. The van der Waals surface area contributed by atoms with Gasteiger partial charge in [-0.3, -0.25) is 0 Å². The quantitative estimate of drug-likeness (QED) is 0.725. The van der Waals surface area contributed by atoms with Gasteiger partial charge in [-0.2, -0.15) is 0 Å². The lowest BCUT2D eigenvalue weighted by Crippen LogP contribution is -2.62. The molecule has 4 bridgehead atoms.